The number of ether oxygens (including phenoxy) is 1. The zero-order valence-electron chi connectivity index (χ0n) is 10.5. The smallest absolute Gasteiger partial charge is 0.224 e. The van der Waals surface area contributed by atoms with Crippen LogP contribution in [0.4, 0.5) is 5.69 Å². The van der Waals surface area contributed by atoms with Crippen molar-refractivity contribution in [3.05, 3.63) is 28.8 Å². The molecule has 0 radical (unpaired) electrons. The van der Waals surface area contributed by atoms with Gasteiger partial charge >= 0.3 is 0 Å². The Kier molecular flexibility index (Phi) is 4.61. The van der Waals surface area contributed by atoms with E-state index in [0.717, 1.165) is 37.1 Å². The second-order valence-corrected chi connectivity index (χ2v) is 5.12. The molecule has 0 aromatic heterocycles. The minimum atomic E-state index is 0.0240. The molecule has 1 aromatic rings. The van der Waals surface area contributed by atoms with Gasteiger partial charge in [0, 0.05) is 23.7 Å². The molecular weight excluding hydrogens is 250 g/mol. The monoisotopic (exact) mass is 267 g/mol. The highest BCUT2D eigenvalue weighted by atomic mass is 35.5. The first-order valence-corrected chi connectivity index (χ1v) is 6.70. The van der Waals surface area contributed by atoms with Crippen molar-refractivity contribution < 1.29 is 9.53 Å². The summed E-state index contributed by atoms with van der Waals surface area (Å²) in [5.74, 6) is 0.0240. The fourth-order valence-corrected chi connectivity index (χ4v) is 2.28. The Bertz CT molecular complexity index is 428. The van der Waals surface area contributed by atoms with E-state index < -0.39 is 0 Å². The SMILES string of the molecule is Cc1ccc(Cl)cc1NC(=O)CC[C@@H]1CCCO1. The van der Waals surface area contributed by atoms with E-state index in [1.54, 1.807) is 6.07 Å². The molecule has 1 heterocycles. The molecule has 4 heteroatoms. The highest BCUT2D eigenvalue weighted by Crippen LogP contribution is 2.21. The third-order valence-electron chi connectivity index (χ3n) is 3.19. The van der Waals surface area contributed by atoms with E-state index in [1.807, 2.05) is 19.1 Å². The van der Waals surface area contributed by atoms with Crippen LogP contribution in [0.3, 0.4) is 0 Å². The maximum atomic E-state index is 11.8. The fraction of sp³-hybridized carbons (Fsp3) is 0.500. The third-order valence-corrected chi connectivity index (χ3v) is 3.43. The Morgan fingerprint density at radius 3 is 3.11 bits per heavy atom. The van der Waals surface area contributed by atoms with E-state index in [2.05, 4.69) is 5.32 Å². The van der Waals surface area contributed by atoms with Gasteiger partial charge in [0.05, 0.1) is 6.10 Å². The standard InChI is InChI=1S/C14H18ClNO2/c1-10-4-5-11(15)9-13(10)16-14(17)7-6-12-3-2-8-18-12/h4-5,9,12H,2-3,6-8H2,1H3,(H,16,17)/t12-/m0/s1. The zero-order chi connectivity index (χ0) is 13.0. The fourth-order valence-electron chi connectivity index (χ4n) is 2.11. The molecular formula is C14H18ClNO2. The number of rotatable bonds is 4. The average molecular weight is 268 g/mol. The lowest BCUT2D eigenvalue weighted by Gasteiger charge is -2.11. The van der Waals surface area contributed by atoms with Crippen molar-refractivity contribution in [2.45, 2.75) is 38.7 Å². The van der Waals surface area contributed by atoms with Crippen LogP contribution in [-0.2, 0) is 9.53 Å². The molecule has 1 amide bonds. The molecule has 0 unspecified atom stereocenters. The van der Waals surface area contributed by atoms with Gasteiger partial charge in [0.2, 0.25) is 5.91 Å². The molecule has 98 valence electrons. The lowest BCUT2D eigenvalue weighted by molar-refractivity contribution is -0.116. The van der Waals surface area contributed by atoms with Gasteiger partial charge in [-0.05, 0) is 43.9 Å². The quantitative estimate of drug-likeness (QED) is 0.906. The molecule has 1 aromatic carbocycles. The molecule has 1 aliphatic rings. The van der Waals surface area contributed by atoms with Crippen molar-refractivity contribution in [1.82, 2.24) is 0 Å². The van der Waals surface area contributed by atoms with Crippen molar-refractivity contribution in [2.75, 3.05) is 11.9 Å². The third kappa shape index (κ3) is 3.72. The maximum Gasteiger partial charge on any atom is 0.224 e. The number of amides is 1. The molecule has 1 saturated heterocycles. The molecule has 0 saturated carbocycles. The predicted molar refractivity (Wildman–Crippen MR) is 73.0 cm³/mol. The molecule has 1 fully saturated rings. The highest BCUT2D eigenvalue weighted by Gasteiger charge is 2.16. The van der Waals surface area contributed by atoms with Crippen LogP contribution in [0.5, 0.6) is 0 Å². The summed E-state index contributed by atoms with van der Waals surface area (Å²) in [5, 5.41) is 3.53. The molecule has 2 rings (SSSR count). The van der Waals surface area contributed by atoms with Crippen LogP contribution in [0.1, 0.15) is 31.2 Å². The number of benzene rings is 1. The van der Waals surface area contributed by atoms with Gasteiger partial charge in [0.1, 0.15) is 0 Å². The molecule has 0 spiro atoms. The molecule has 0 aliphatic carbocycles. The van der Waals surface area contributed by atoms with Gasteiger partial charge in [-0.25, -0.2) is 0 Å². The molecule has 1 N–H and O–H groups in total. The number of hydrogen-bond acceptors (Lipinski definition) is 2. The Hall–Kier alpha value is -1.06. The summed E-state index contributed by atoms with van der Waals surface area (Å²) in [6.07, 6.45) is 3.74. The zero-order valence-corrected chi connectivity index (χ0v) is 11.3. The molecule has 1 aliphatic heterocycles. The lowest BCUT2D eigenvalue weighted by Crippen LogP contribution is -2.15. The average Bonchev–Trinajstić information content (AvgIpc) is 2.84. The van der Waals surface area contributed by atoms with E-state index in [-0.39, 0.29) is 12.0 Å². The van der Waals surface area contributed by atoms with E-state index in [1.165, 1.54) is 0 Å². The number of carbonyl (C=O) groups is 1. The van der Waals surface area contributed by atoms with Crippen molar-refractivity contribution in [2.24, 2.45) is 0 Å². The summed E-state index contributed by atoms with van der Waals surface area (Å²) in [5.41, 5.74) is 1.81. The maximum absolute atomic E-state index is 11.8. The number of halogens is 1. The van der Waals surface area contributed by atoms with Crippen LogP contribution < -0.4 is 5.32 Å². The van der Waals surface area contributed by atoms with Crippen molar-refractivity contribution in [1.29, 1.82) is 0 Å². The second kappa shape index (κ2) is 6.21. The summed E-state index contributed by atoms with van der Waals surface area (Å²) in [6.45, 7) is 2.78. The first kappa shape index (κ1) is 13.4. The minimum absolute atomic E-state index is 0.0240. The summed E-state index contributed by atoms with van der Waals surface area (Å²) < 4.78 is 5.50. The van der Waals surface area contributed by atoms with Crippen LogP contribution in [0.25, 0.3) is 0 Å². The van der Waals surface area contributed by atoms with Crippen LogP contribution >= 0.6 is 11.6 Å². The summed E-state index contributed by atoms with van der Waals surface area (Å²) >= 11 is 5.91. The topological polar surface area (TPSA) is 38.3 Å². The largest absolute Gasteiger partial charge is 0.378 e. The van der Waals surface area contributed by atoms with Gasteiger partial charge in [0.15, 0.2) is 0 Å². The molecule has 1 atom stereocenters. The van der Waals surface area contributed by atoms with Crippen LogP contribution in [0, 0.1) is 6.92 Å². The Morgan fingerprint density at radius 1 is 1.56 bits per heavy atom. The van der Waals surface area contributed by atoms with Crippen molar-refractivity contribution in [3.8, 4) is 0 Å². The molecule has 3 nitrogen and oxygen atoms in total. The van der Waals surface area contributed by atoms with Crippen molar-refractivity contribution in [3.63, 3.8) is 0 Å². The van der Waals surface area contributed by atoms with Gasteiger partial charge in [0.25, 0.3) is 0 Å². The number of anilines is 1. The second-order valence-electron chi connectivity index (χ2n) is 4.68. The Morgan fingerprint density at radius 2 is 2.39 bits per heavy atom. The van der Waals surface area contributed by atoms with Gasteiger partial charge < -0.3 is 10.1 Å². The number of carbonyl (C=O) groups excluding carboxylic acids is 1. The minimum Gasteiger partial charge on any atom is -0.378 e. The van der Waals surface area contributed by atoms with Gasteiger partial charge in [-0.1, -0.05) is 17.7 Å². The molecule has 0 bridgehead atoms. The summed E-state index contributed by atoms with van der Waals surface area (Å²) in [4.78, 5) is 11.8. The van der Waals surface area contributed by atoms with Crippen LogP contribution in [-0.4, -0.2) is 18.6 Å². The normalized spacial score (nSPS) is 18.9. The first-order valence-electron chi connectivity index (χ1n) is 6.33. The van der Waals surface area contributed by atoms with Crippen LogP contribution in [0.2, 0.25) is 5.02 Å². The number of hydrogen-bond donors (Lipinski definition) is 1. The van der Waals surface area contributed by atoms with Crippen LogP contribution in [0.15, 0.2) is 18.2 Å². The first-order chi connectivity index (χ1) is 8.65. The van der Waals surface area contributed by atoms with Crippen molar-refractivity contribution >= 4 is 23.2 Å². The lowest BCUT2D eigenvalue weighted by atomic mass is 10.1. The number of nitrogens with one attached hydrogen (secondary N) is 1. The summed E-state index contributed by atoms with van der Waals surface area (Å²) in [7, 11) is 0. The van der Waals surface area contributed by atoms with E-state index in [0.29, 0.717) is 11.4 Å². The predicted octanol–water partition coefficient (Wildman–Crippen LogP) is 3.55. The van der Waals surface area contributed by atoms with Gasteiger partial charge in [-0.2, -0.15) is 0 Å². The van der Waals surface area contributed by atoms with Gasteiger partial charge in [-0.3, -0.25) is 4.79 Å². The van der Waals surface area contributed by atoms with E-state index >= 15 is 0 Å². The van der Waals surface area contributed by atoms with Gasteiger partial charge in [-0.15, -0.1) is 0 Å². The van der Waals surface area contributed by atoms with E-state index in [9.17, 15) is 4.79 Å². The summed E-state index contributed by atoms with van der Waals surface area (Å²) in [6, 6.07) is 5.50. The number of aryl methyl sites for hydroxylation is 1. The highest BCUT2D eigenvalue weighted by molar-refractivity contribution is 6.31. The van der Waals surface area contributed by atoms with E-state index in [4.69, 9.17) is 16.3 Å². The Balaban J connectivity index is 1.84. The Labute approximate surface area is 112 Å². The molecule has 18 heavy (non-hydrogen) atoms.